The van der Waals surface area contributed by atoms with Crippen LogP contribution >= 0.6 is 0 Å². The predicted molar refractivity (Wildman–Crippen MR) is 66.2 cm³/mol. The maximum absolute atomic E-state index is 13.3. The highest BCUT2D eigenvalue weighted by molar-refractivity contribution is 6.41. The molecule has 1 unspecified atom stereocenters. The highest BCUT2D eigenvalue weighted by atomic mass is 19.4. The van der Waals surface area contributed by atoms with Crippen molar-refractivity contribution in [3.63, 3.8) is 0 Å². The highest BCUT2D eigenvalue weighted by Crippen LogP contribution is 2.41. The molecule has 120 valence electrons. The van der Waals surface area contributed by atoms with E-state index in [1.165, 1.54) is 6.92 Å². The molecule has 0 aliphatic carbocycles. The van der Waals surface area contributed by atoms with Crippen LogP contribution in [0.15, 0.2) is 11.4 Å². The van der Waals surface area contributed by atoms with Gasteiger partial charge in [-0.05, 0) is 6.92 Å². The summed E-state index contributed by atoms with van der Waals surface area (Å²) in [4.78, 5) is 26.5. The Morgan fingerprint density at radius 3 is 2.64 bits per heavy atom. The Kier molecular flexibility index (Phi) is 3.69. The van der Waals surface area contributed by atoms with E-state index in [0.29, 0.717) is 6.33 Å². The van der Waals surface area contributed by atoms with E-state index < -0.39 is 40.9 Å². The Morgan fingerprint density at radius 1 is 1.50 bits per heavy atom. The van der Waals surface area contributed by atoms with Crippen LogP contribution < -0.4 is 5.43 Å². The summed E-state index contributed by atoms with van der Waals surface area (Å²) in [6.07, 6.45) is -4.68. The van der Waals surface area contributed by atoms with Crippen LogP contribution in [0.4, 0.5) is 19.0 Å². The minimum atomic E-state index is -5.26. The van der Waals surface area contributed by atoms with Gasteiger partial charge in [0.25, 0.3) is 5.72 Å². The van der Waals surface area contributed by atoms with Crippen LogP contribution in [0.5, 0.6) is 0 Å². The van der Waals surface area contributed by atoms with Crippen molar-refractivity contribution in [2.75, 3.05) is 12.0 Å². The molecule has 22 heavy (non-hydrogen) atoms. The lowest BCUT2D eigenvalue weighted by atomic mass is 10.0. The van der Waals surface area contributed by atoms with Gasteiger partial charge in [-0.15, -0.1) is 0 Å². The Bertz CT molecular complexity index is 667. The number of fused-ring (bicyclic) bond motifs is 1. The first-order chi connectivity index (χ1) is 10.1. The number of ether oxygens (including phenoxy) is 1. The second-order valence-corrected chi connectivity index (χ2v) is 4.33. The summed E-state index contributed by atoms with van der Waals surface area (Å²) >= 11 is 0. The molecule has 2 heterocycles. The lowest BCUT2D eigenvalue weighted by Crippen LogP contribution is -2.57. The Balaban J connectivity index is 2.63. The zero-order chi connectivity index (χ0) is 16.7. The largest absolute Gasteiger partial charge is 0.461 e. The number of hydrogen-bond donors (Lipinski definition) is 2. The molecule has 0 bridgehead atoms. The van der Waals surface area contributed by atoms with Crippen molar-refractivity contribution in [3.8, 4) is 0 Å². The van der Waals surface area contributed by atoms with E-state index in [0.717, 1.165) is 6.92 Å². The predicted octanol–water partition coefficient (Wildman–Crippen LogP) is 0.638. The molecule has 1 aromatic heterocycles. The molecule has 1 atom stereocenters. The van der Waals surface area contributed by atoms with E-state index in [4.69, 9.17) is 0 Å². The topological polar surface area (TPSA) is 106 Å². The summed E-state index contributed by atoms with van der Waals surface area (Å²) in [5, 5.41) is 13.3. The van der Waals surface area contributed by atoms with Gasteiger partial charge in [0.1, 0.15) is 6.33 Å². The first-order valence-corrected chi connectivity index (χ1v) is 6.03. The zero-order valence-corrected chi connectivity index (χ0v) is 11.4. The van der Waals surface area contributed by atoms with Crippen molar-refractivity contribution in [2.24, 2.45) is 5.10 Å². The molecule has 2 N–H and O–H groups in total. The third-order valence-corrected chi connectivity index (χ3v) is 2.92. The van der Waals surface area contributed by atoms with Crippen LogP contribution in [0.3, 0.4) is 0 Å². The number of imidazole rings is 1. The van der Waals surface area contributed by atoms with Gasteiger partial charge in [0.2, 0.25) is 0 Å². The van der Waals surface area contributed by atoms with Crippen molar-refractivity contribution in [2.45, 2.75) is 25.7 Å². The summed E-state index contributed by atoms with van der Waals surface area (Å²) in [6, 6.07) is 0. The molecule has 0 saturated carbocycles. The van der Waals surface area contributed by atoms with Crippen LogP contribution in [0.25, 0.3) is 0 Å². The van der Waals surface area contributed by atoms with Crippen molar-refractivity contribution >= 4 is 23.3 Å². The van der Waals surface area contributed by atoms with E-state index in [1.54, 1.807) is 0 Å². The first-order valence-electron chi connectivity index (χ1n) is 6.03. The van der Waals surface area contributed by atoms with Crippen molar-refractivity contribution in [1.29, 1.82) is 0 Å². The van der Waals surface area contributed by atoms with Gasteiger partial charge in [-0.1, -0.05) is 0 Å². The Morgan fingerprint density at radius 2 is 2.14 bits per heavy atom. The summed E-state index contributed by atoms with van der Waals surface area (Å²) < 4.78 is 44.8. The number of rotatable bonds is 3. The molecule has 1 aromatic rings. The SMILES string of the molecule is CCOC(=O)c1ncn2c1NN=C(C(C)=O)C2(O)C(F)(F)F. The maximum Gasteiger partial charge on any atom is 0.443 e. The number of aliphatic hydroxyl groups is 1. The minimum Gasteiger partial charge on any atom is -0.461 e. The molecule has 0 spiro atoms. The monoisotopic (exact) mass is 320 g/mol. The fraction of sp³-hybridized carbons (Fsp3) is 0.455. The standard InChI is InChI=1S/C11H11F3N4O4/c1-3-22-9(20)6-8-17-16-7(5(2)19)10(21,11(12,13)14)18(8)4-15-6/h4,17,21H,3H2,1-2H3. The number of Topliss-reactive ketones (excluding diaryl/α,β-unsaturated/α-hetero) is 1. The molecule has 11 heteroatoms. The summed E-state index contributed by atoms with van der Waals surface area (Å²) in [5.41, 5.74) is -3.27. The van der Waals surface area contributed by atoms with Gasteiger partial charge in [-0.2, -0.15) is 18.3 Å². The van der Waals surface area contributed by atoms with Crippen molar-refractivity contribution < 1.29 is 32.6 Å². The summed E-state index contributed by atoms with van der Waals surface area (Å²) in [5.74, 6) is -2.61. The fourth-order valence-electron chi connectivity index (χ4n) is 1.95. The van der Waals surface area contributed by atoms with Crippen LogP contribution in [0.2, 0.25) is 0 Å². The number of carbonyl (C=O) groups is 2. The Hall–Kier alpha value is -2.43. The van der Waals surface area contributed by atoms with Crippen LogP contribution in [-0.2, 0) is 15.3 Å². The third-order valence-electron chi connectivity index (χ3n) is 2.92. The molecular weight excluding hydrogens is 309 g/mol. The van der Waals surface area contributed by atoms with E-state index in [9.17, 15) is 27.9 Å². The molecule has 8 nitrogen and oxygen atoms in total. The van der Waals surface area contributed by atoms with E-state index in [-0.39, 0.29) is 11.2 Å². The fourth-order valence-corrected chi connectivity index (χ4v) is 1.95. The van der Waals surface area contributed by atoms with Crippen LogP contribution in [0, 0.1) is 0 Å². The number of nitrogens with zero attached hydrogens (tertiary/aromatic N) is 3. The van der Waals surface area contributed by atoms with Gasteiger partial charge < -0.3 is 9.84 Å². The molecule has 1 aliphatic heterocycles. The molecular formula is C11H11F3N4O4. The van der Waals surface area contributed by atoms with Gasteiger partial charge in [0, 0.05) is 6.92 Å². The molecule has 2 rings (SSSR count). The number of halogens is 3. The molecule has 0 aromatic carbocycles. The number of esters is 1. The van der Waals surface area contributed by atoms with Crippen LogP contribution in [-0.4, -0.2) is 44.9 Å². The highest BCUT2D eigenvalue weighted by Gasteiger charge is 2.63. The second kappa shape index (κ2) is 5.09. The molecule has 0 amide bonds. The summed E-state index contributed by atoms with van der Waals surface area (Å²) in [7, 11) is 0. The summed E-state index contributed by atoms with van der Waals surface area (Å²) in [6.45, 7) is 2.31. The second-order valence-electron chi connectivity index (χ2n) is 4.33. The van der Waals surface area contributed by atoms with Gasteiger partial charge in [0.15, 0.2) is 23.0 Å². The van der Waals surface area contributed by atoms with Crippen molar-refractivity contribution in [1.82, 2.24) is 9.55 Å². The van der Waals surface area contributed by atoms with E-state index >= 15 is 0 Å². The van der Waals surface area contributed by atoms with E-state index in [2.05, 4.69) is 20.2 Å². The van der Waals surface area contributed by atoms with Gasteiger partial charge in [0.05, 0.1) is 6.61 Å². The number of anilines is 1. The number of aromatic nitrogens is 2. The van der Waals surface area contributed by atoms with Gasteiger partial charge in [-0.3, -0.25) is 14.8 Å². The molecule has 0 radical (unpaired) electrons. The number of carbonyl (C=O) groups excluding carboxylic acids is 2. The lowest BCUT2D eigenvalue weighted by Gasteiger charge is -2.35. The zero-order valence-electron chi connectivity index (χ0n) is 11.4. The third kappa shape index (κ3) is 2.13. The number of ketones is 1. The number of hydrogen-bond acceptors (Lipinski definition) is 7. The molecule has 0 fully saturated rings. The number of nitrogens with one attached hydrogen (secondary N) is 1. The smallest absolute Gasteiger partial charge is 0.443 e. The van der Waals surface area contributed by atoms with Gasteiger partial charge in [-0.25, -0.2) is 9.78 Å². The number of hydrazone groups is 1. The maximum atomic E-state index is 13.3. The van der Waals surface area contributed by atoms with Crippen LogP contribution in [0.1, 0.15) is 24.3 Å². The molecule has 1 aliphatic rings. The first kappa shape index (κ1) is 15.9. The van der Waals surface area contributed by atoms with E-state index in [1.807, 2.05) is 0 Å². The Labute approximate surface area is 121 Å². The number of alkyl halides is 3. The average Bonchev–Trinajstić information content (AvgIpc) is 2.82. The minimum absolute atomic E-state index is 0.0172. The quantitative estimate of drug-likeness (QED) is 0.792. The normalized spacial score (nSPS) is 20.7. The van der Waals surface area contributed by atoms with Gasteiger partial charge >= 0.3 is 12.1 Å². The molecule has 0 saturated heterocycles. The van der Waals surface area contributed by atoms with Crippen molar-refractivity contribution in [3.05, 3.63) is 12.0 Å². The lowest BCUT2D eigenvalue weighted by molar-refractivity contribution is -0.264. The average molecular weight is 320 g/mol.